The number of hydrogen-bond acceptors (Lipinski definition) is 3. The minimum absolute atomic E-state index is 0.0177. The molecule has 2 heterocycles. The summed E-state index contributed by atoms with van der Waals surface area (Å²) in [5.41, 5.74) is 2.23. The first-order valence-corrected chi connectivity index (χ1v) is 8.75. The Hall–Kier alpha value is -2.82. The third-order valence-corrected chi connectivity index (χ3v) is 4.71. The second-order valence-corrected chi connectivity index (χ2v) is 6.69. The number of hydrazine groups is 1. The Kier molecular flexibility index (Phi) is 3.92. The smallest absolute Gasteiger partial charge is 0.255 e. The molecule has 0 radical (unpaired) electrons. The Morgan fingerprint density at radius 3 is 2.28 bits per heavy atom. The number of rotatable bonds is 3. The first-order chi connectivity index (χ1) is 12.2. The predicted molar refractivity (Wildman–Crippen MR) is 97.7 cm³/mol. The summed E-state index contributed by atoms with van der Waals surface area (Å²) in [5, 5.41) is 10.2. The normalized spacial score (nSPS) is 20.1. The van der Waals surface area contributed by atoms with E-state index in [2.05, 4.69) is 17.1 Å². The van der Waals surface area contributed by atoms with Gasteiger partial charge in [-0.2, -0.15) is 0 Å². The number of amidine groups is 1. The van der Waals surface area contributed by atoms with Gasteiger partial charge in [0.1, 0.15) is 0 Å². The average molecular weight is 334 g/mol. The second-order valence-electron chi connectivity index (χ2n) is 6.69. The molecule has 2 aromatic rings. The zero-order valence-electron chi connectivity index (χ0n) is 14.5. The van der Waals surface area contributed by atoms with E-state index >= 15 is 0 Å². The Morgan fingerprint density at radius 2 is 1.64 bits per heavy atom. The minimum Gasteiger partial charge on any atom is -0.255 e. The average Bonchev–Trinajstić information content (AvgIpc) is 3.09. The van der Waals surface area contributed by atoms with Gasteiger partial charge in [-0.25, -0.2) is 14.8 Å². The summed E-state index contributed by atoms with van der Waals surface area (Å²) in [6.07, 6.45) is 0.896. The quantitative estimate of drug-likeness (QED) is 0.855. The zero-order chi connectivity index (χ0) is 17.4. The molecule has 0 spiro atoms. The van der Waals surface area contributed by atoms with Crippen molar-refractivity contribution in [1.29, 1.82) is 0 Å². The second kappa shape index (κ2) is 6.24. The minimum atomic E-state index is -0.0480. The molecule has 1 atom stereocenters. The molecule has 25 heavy (non-hydrogen) atoms. The monoisotopic (exact) mass is 334 g/mol. The van der Waals surface area contributed by atoms with E-state index in [9.17, 15) is 4.79 Å². The van der Waals surface area contributed by atoms with Crippen molar-refractivity contribution in [1.82, 2.24) is 15.0 Å². The summed E-state index contributed by atoms with van der Waals surface area (Å²) in [7, 11) is 0. The van der Waals surface area contributed by atoms with Crippen molar-refractivity contribution in [2.24, 2.45) is 5.10 Å². The number of benzene rings is 2. The molecule has 0 aromatic heterocycles. The van der Waals surface area contributed by atoms with Crippen LogP contribution < -0.4 is 0 Å². The molecular formula is C20H22N4O. The third kappa shape index (κ3) is 2.65. The highest BCUT2D eigenvalue weighted by molar-refractivity contribution is 6.02. The molecule has 4 rings (SSSR count). The molecule has 5 nitrogen and oxygen atoms in total. The fourth-order valence-electron chi connectivity index (χ4n) is 3.50. The number of hydrogen-bond donors (Lipinski definition) is 0. The number of nitrogens with zero attached hydrogens (tertiary/aromatic N) is 4. The number of carbonyl (C=O) groups is 1. The summed E-state index contributed by atoms with van der Waals surface area (Å²) >= 11 is 0. The highest BCUT2D eigenvalue weighted by Gasteiger charge is 2.44. The molecule has 1 unspecified atom stereocenters. The van der Waals surface area contributed by atoms with E-state index in [0.717, 1.165) is 17.8 Å². The van der Waals surface area contributed by atoms with Crippen molar-refractivity contribution in [3.63, 3.8) is 0 Å². The number of amides is 2. The molecule has 128 valence electrons. The number of urea groups is 1. The summed E-state index contributed by atoms with van der Waals surface area (Å²) < 4.78 is 0. The van der Waals surface area contributed by atoms with Crippen molar-refractivity contribution < 1.29 is 4.79 Å². The van der Waals surface area contributed by atoms with Crippen LogP contribution >= 0.6 is 0 Å². The molecule has 0 saturated carbocycles. The molecule has 2 aliphatic heterocycles. The van der Waals surface area contributed by atoms with Crippen LogP contribution in [0.25, 0.3) is 0 Å². The van der Waals surface area contributed by atoms with Crippen molar-refractivity contribution in [2.75, 3.05) is 6.54 Å². The maximum absolute atomic E-state index is 12.9. The van der Waals surface area contributed by atoms with Crippen LogP contribution in [-0.2, 0) is 0 Å². The van der Waals surface area contributed by atoms with Gasteiger partial charge in [0.2, 0.25) is 0 Å². The third-order valence-electron chi connectivity index (χ3n) is 4.71. The first kappa shape index (κ1) is 15.7. The largest absolute Gasteiger partial charge is 0.359 e. The summed E-state index contributed by atoms with van der Waals surface area (Å²) in [6, 6.07) is 20.5. The van der Waals surface area contributed by atoms with E-state index in [1.54, 1.807) is 5.01 Å². The van der Waals surface area contributed by atoms with Crippen LogP contribution in [0.4, 0.5) is 4.79 Å². The van der Waals surface area contributed by atoms with Gasteiger partial charge in [-0.15, -0.1) is 5.10 Å². The lowest BCUT2D eigenvalue weighted by molar-refractivity contribution is 0.0499. The molecular weight excluding hydrogens is 312 g/mol. The van der Waals surface area contributed by atoms with Gasteiger partial charge in [0.15, 0.2) is 5.84 Å². The van der Waals surface area contributed by atoms with E-state index in [4.69, 9.17) is 5.10 Å². The topological polar surface area (TPSA) is 39.1 Å². The van der Waals surface area contributed by atoms with Gasteiger partial charge in [0.05, 0.1) is 12.1 Å². The number of fused-ring (bicyclic) bond motifs is 1. The van der Waals surface area contributed by atoms with E-state index in [1.807, 2.05) is 67.4 Å². The lowest BCUT2D eigenvalue weighted by Gasteiger charge is -2.42. The standard InChI is InChI=1S/C20H22N4O/c1-15(2)23-20(25)22-14-13-18(16-9-5-3-6-10-16)24(22)19(21-23)17-11-7-4-8-12-17/h3-12,15,18H,13-14H2,1-2H3. The van der Waals surface area contributed by atoms with E-state index < -0.39 is 0 Å². The van der Waals surface area contributed by atoms with Crippen LogP contribution in [0.1, 0.15) is 37.4 Å². The van der Waals surface area contributed by atoms with Crippen LogP contribution in [-0.4, -0.2) is 39.5 Å². The fraction of sp³-hybridized carbons (Fsp3) is 0.300. The van der Waals surface area contributed by atoms with Gasteiger partial charge < -0.3 is 0 Å². The Bertz CT molecular complexity index is 788. The van der Waals surface area contributed by atoms with E-state index in [1.165, 1.54) is 5.56 Å². The van der Waals surface area contributed by atoms with Crippen molar-refractivity contribution >= 4 is 11.9 Å². The van der Waals surface area contributed by atoms with Crippen LogP contribution in [0.2, 0.25) is 0 Å². The maximum Gasteiger partial charge on any atom is 0.359 e. The molecule has 2 aromatic carbocycles. The molecule has 0 bridgehead atoms. The lowest BCUT2D eigenvalue weighted by atomic mass is 10.0. The zero-order valence-corrected chi connectivity index (χ0v) is 14.5. The van der Waals surface area contributed by atoms with Gasteiger partial charge in [-0.3, -0.25) is 5.01 Å². The van der Waals surface area contributed by atoms with Crippen molar-refractivity contribution in [2.45, 2.75) is 32.4 Å². The van der Waals surface area contributed by atoms with Gasteiger partial charge in [0.25, 0.3) is 0 Å². The highest BCUT2D eigenvalue weighted by atomic mass is 16.2. The van der Waals surface area contributed by atoms with Gasteiger partial charge in [-0.05, 0) is 25.8 Å². The molecule has 1 fully saturated rings. The molecule has 0 aliphatic carbocycles. The first-order valence-electron chi connectivity index (χ1n) is 8.75. The van der Waals surface area contributed by atoms with E-state index in [-0.39, 0.29) is 18.1 Å². The number of hydrazone groups is 1. The van der Waals surface area contributed by atoms with Crippen molar-refractivity contribution in [3.05, 3.63) is 71.8 Å². The lowest BCUT2D eigenvalue weighted by Crippen LogP contribution is -2.56. The molecule has 2 aliphatic rings. The van der Waals surface area contributed by atoms with Crippen LogP contribution in [0, 0.1) is 0 Å². The van der Waals surface area contributed by atoms with Crippen LogP contribution in [0.3, 0.4) is 0 Å². The maximum atomic E-state index is 12.9. The Labute approximate surface area is 148 Å². The molecule has 1 saturated heterocycles. The SMILES string of the molecule is CC(C)N1N=C(c2ccccc2)N2C(c3ccccc3)CCN2C1=O. The summed E-state index contributed by atoms with van der Waals surface area (Å²) in [4.78, 5) is 12.9. The fourth-order valence-corrected chi connectivity index (χ4v) is 3.50. The Balaban J connectivity index is 1.82. The predicted octanol–water partition coefficient (Wildman–Crippen LogP) is 3.86. The van der Waals surface area contributed by atoms with Gasteiger partial charge >= 0.3 is 6.03 Å². The van der Waals surface area contributed by atoms with E-state index in [0.29, 0.717) is 6.54 Å². The van der Waals surface area contributed by atoms with Crippen molar-refractivity contribution in [3.8, 4) is 0 Å². The highest BCUT2D eigenvalue weighted by Crippen LogP contribution is 2.37. The van der Waals surface area contributed by atoms with Gasteiger partial charge in [0, 0.05) is 12.1 Å². The molecule has 0 N–H and O–H groups in total. The number of carbonyl (C=O) groups excluding carboxylic acids is 1. The molecule has 5 heteroatoms. The summed E-state index contributed by atoms with van der Waals surface area (Å²) in [6.45, 7) is 4.68. The summed E-state index contributed by atoms with van der Waals surface area (Å²) in [5.74, 6) is 0.834. The molecule has 2 amide bonds. The van der Waals surface area contributed by atoms with Gasteiger partial charge in [-0.1, -0.05) is 60.7 Å². The van der Waals surface area contributed by atoms with Crippen LogP contribution in [0.5, 0.6) is 0 Å². The Morgan fingerprint density at radius 1 is 1.00 bits per heavy atom. The van der Waals surface area contributed by atoms with Crippen LogP contribution in [0.15, 0.2) is 65.8 Å².